The van der Waals surface area contributed by atoms with E-state index in [4.69, 9.17) is 0 Å². The van der Waals surface area contributed by atoms with E-state index in [1.54, 1.807) is 4.90 Å². The van der Waals surface area contributed by atoms with Crippen LogP contribution in [0.3, 0.4) is 0 Å². The fraction of sp³-hybridized carbons (Fsp3) is 0.588. The number of carbonyl (C=O) groups excluding carboxylic acids is 1. The van der Waals surface area contributed by atoms with Gasteiger partial charge in [0, 0.05) is 43.5 Å². The summed E-state index contributed by atoms with van der Waals surface area (Å²) in [6.45, 7) is 2.78. The Labute approximate surface area is 143 Å². The molecule has 3 rings (SSSR count). The lowest BCUT2D eigenvalue weighted by atomic mass is 10.0. The highest BCUT2D eigenvalue weighted by atomic mass is 79.9. The normalized spacial score (nSPS) is 24.8. The van der Waals surface area contributed by atoms with Crippen molar-refractivity contribution in [3.05, 3.63) is 34.3 Å². The van der Waals surface area contributed by atoms with E-state index in [0.29, 0.717) is 6.54 Å². The molecule has 126 valence electrons. The maximum Gasteiger partial charge on any atom is 0.251 e. The first-order valence-corrected chi connectivity index (χ1v) is 8.86. The average molecular weight is 387 g/mol. The Morgan fingerprint density at radius 1 is 1.22 bits per heavy atom. The topological polar surface area (TPSA) is 23.6 Å². The molecule has 0 bridgehead atoms. The van der Waals surface area contributed by atoms with Crippen molar-refractivity contribution in [3.8, 4) is 0 Å². The minimum Gasteiger partial charge on any atom is -0.342 e. The quantitative estimate of drug-likeness (QED) is 0.793. The fourth-order valence-electron chi connectivity index (χ4n) is 3.36. The van der Waals surface area contributed by atoms with Crippen LogP contribution in [0.5, 0.6) is 0 Å². The van der Waals surface area contributed by atoms with Crippen molar-refractivity contribution in [2.45, 2.75) is 31.7 Å². The monoisotopic (exact) mass is 386 g/mol. The van der Waals surface area contributed by atoms with Gasteiger partial charge >= 0.3 is 0 Å². The van der Waals surface area contributed by atoms with Crippen molar-refractivity contribution in [2.75, 3.05) is 26.2 Å². The number of halogens is 3. The van der Waals surface area contributed by atoms with Crippen molar-refractivity contribution in [1.29, 1.82) is 0 Å². The number of benzene rings is 1. The molecular weight excluding hydrogens is 366 g/mol. The first kappa shape index (κ1) is 16.8. The number of likely N-dealkylation sites (tertiary alicyclic amines) is 2. The summed E-state index contributed by atoms with van der Waals surface area (Å²) in [7, 11) is 0. The lowest BCUT2D eigenvalue weighted by molar-refractivity contribution is -0.141. The molecule has 1 aromatic rings. The maximum absolute atomic E-state index is 13.2. The van der Waals surface area contributed by atoms with Crippen LogP contribution in [0.15, 0.2) is 28.7 Å². The highest BCUT2D eigenvalue weighted by molar-refractivity contribution is 9.10. The molecule has 3 nitrogen and oxygen atoms in total. The lowest BCUT2D eigenvalue weighted by Gasteiger charge is -2.33. The first-order chi connectivity index (χ1) is 10.9. The van der Waals surface area contributed by atoms with E-state index >= 15 is 0 Å². The molecule has 2 aliphatic rings. The molecule has 1 unspecified atom stereocenters. The van der Waals surface area contributed by atoms with Gasteiger partial charge in [0.1, 0.15) is 0 Å². The van der Waals surface area contributed by atoms with Crippen LogP contribution in [0.2, 0.25) is 0 Å². The molecule has 0 N–H and O–H groups in total. The Hall–Kier alpha value is -1.01. The Bertz CT molecular complexity index is 571. The molecule has 0 aliphatic carbocycles. The summed E-state index contributed by atoms with van der Waals surface area (Å²) >= 11 is 3.55. The van der Waals surface area contributed by atoms with E-state index in [1.165, 1.54) is 5.56 Å². The molecule has 0 saturated carbocycles. The maximum atomic E-state index is 13.2. The molecular formula is C17H21BrF2N2O. The lowest BCUT2D eigenvalue weighted by Crippen LogP contribution is -2.45. The van der Waals surface area contributed by atoms with Crippen LogP contribution in [0.25, 0.3) is 0 Å². The standard InChI is InChI=1S/C17H21BrF2N2O/c18-15-4-2-1-3-13(15)11-21-8-5-14(12-21)16(23)22-9-6-17(19,20)7-10-22/h1-4,14H,5-12H2. The summed E-state index contributed by atoms with van der Waals surface area (Å²) in [4.78, 5) is 16.4. The summed E-state index contributed by atoms with van der Waals surface area (Å²) in [5.41, 5.74) is 1.21. The van der Waals surface area contributed by atoms with Gasteiger partial charge in [-0.3, -0.25) is 9.69 Å². The summed E-state index contributed by atoms with van der Waals surface area (Å²) < 4.78 is 27.5. The highest BCUT2D eigenvalue weighted by Gasteiger charge is 2.38. The number of hydrogen-bond donors (Lipinski definition) is 0. The van der Waals surface area contributed by atoms with Crippen LogP contribution in [-0.2, 0) is 11.3 Å². The third-order valence-corrected chi connectivity index (χ3v) is 5.55. The smallest absolute Gasteiger partial charge is 0.251 e. The molecule has 23 heavy (non-hydrogen) atoms. The largest absolute Gasteiger partial charge is 0.342 e. The number of hydrogen-bond acceptors (Lipinski definition) is 2. The number of alkyl halides is 2. The van der Waals surface area contributed by atoms with Crippen molar-refractivity contribution < 1.29 is 13.6 Å². The van der Waals surface area contributed by atoms with Gasteiger partial charge in [-0.05, 0) is 24.6 Å². The molecule has 1 aromatic carbocycles. The van der Waals surface area contributed by atoms with Gasteiger partial charge in [0.15, 0.2) is 0 Å². The van der Waals surface area contributed by atoms with Gasteiger partial charge in [-0.1, -0.05) is 34.1 Å². The van der Waals surface area contributed by atoms with Gasteiger partial charge in [0.25, 0.3) is 5.92 Å². The van der Waals surface area contributed by atoms with E-state index in [2.05, 4.69) is 26.9 Å². The molecule has 0 radical (unpaired) electrons. The van der Waals surface area contributed by atoms with E-state index in [0.717, 1.165) is 24.0 Å². The molecule has 6 heteroatoms. The van der Waals surface area contributed by atoms with Crippen LogP contribution in [0, 0.1) is 5.92 Å². The SMILES string of the molecule is O=C(C1CCN(Cc2ccccc2Br)C1)N1CCC(F)(F)CC1. The Balaban J connectivity index is 1.53. The van der Waals surface area contributed by atoms with Crippen LogP contribution in [0.1, 0.15) is 24.8 Å². The molecule has 2 fully saturated rings. The Kier molecular flexibility index (Phi) is 5.01. The van der Waals surface area contributed by atoms with Crippen LogP contribution in [0.4, 0.5) is 8.78 Å². The number of amides is 1. The predicted molar refractivity (Wildman–Crippen MR) is 88.3 cm³/mol. The minimum absolute atomic E-state index is 0.0510. The number of rotatable bonds is 3. The first-order valence-electron chi connectivity index (χ1n) is 8.07. The van der Waals surface area contributed by atoms with Gasteiger partial charge in [-0.15, -0.1) is 0 Å². The van der Waals surface area contributed by atoms with Crippen molar-refractivity contribution in [2.24, 2.45) is 5.92 Å². The molecule has 2 saturated heterocycles. The zero-order chi connectivity index (χ0) is 16.4. The molecule has 2 aliphatic heterocycles. The van der Waals surface area contributed by atoms with Gasteiger partial charge in [0.05, 0.1) is 5.92 Å². The Morgan fingerprint density at radius 2 is 1.91 bits per heavy atom. The molecule has 1 amide bonds. The van der Waals surface area contributed by atoms with Crippen LogP contribution in [-0.4, -0.2) is 47.8 Å². The van der Waals surface area contributed by atoms with E-state index in [1.807, 2.05) is 18.2 Å². The number of carbonyl (C=O) groups is 1. The predicted octanol–water partition coefficient (Wildman–Crippen LogP) is 3.53. The third-order valence-electron chi connectivity index (χ3n) is 4.78. The summed E-state index contributed by atoms with van der Waals surface area (Å²) in [6.07, 6.45) is 0.411. The summed E-state index contributed by atoms with van der Waals surface area (Å²) in [5.74, 6) is -2.60. The van der Waals surface area contributed by atoms with E-state index in [9.17, 15) is 13.6 Å². The van der Waals surface area contributed by atoms with Crippen molar-refractivity contribution >= 4 is 21.8 Å². The third kappa shape index (κ3) is 4.10. The molecule has 0 aromatic heterocycles. The van der Waals surface area contributed by atoms with E-state index in [-0.39, 0.29) is 37.8 Å². The van der Waals surface area contributed by atoms with E-state index < -0.39 is 5.92 Å². The second-order valence-corrected chi connectivity index (χ2v) is 7.35. The second-order valence-electron chi connectivity index (χ2n) is 6.49. The highest BCUT2D eigenvalue weighted by Crippen LogP contribution is 2.30. The van der Waals surface area contributed by atoms with Gasteiger partial charge in [-0.25, -0.2) is 8.78 Å². The minimum atomic E-state index is -2.60. The second kappa shape index (κ2) is 6.85. The fourth-order valence-corrected chi connectivity index (χ4v) is 3.77. The average Bonchev–Trinajstić information content (AvgIpc) is 2.97. The molecule has 0 spiro atoms. The summed E-state index contributed by atoms with van der Waals surface area (Å²) in [5, 5.41) is 0. The summed E-state index contributed by atoms with van der Waals surface area (Å²) in [6, 6.07) is 8.08. The number of piperidine rings is 1. The van der Waals surface area contributed by atoms with Crippen molar-refractivity contribution in [1.82, 2.24) is 9.80 Å². The zero-order valence-electron chi connectivity index (χ0n) is 13.0. The Morgan fingerprint density at radius 3 is 2.61 bits per heavy atom. The van der Waals surface area contributed by atoms with Gasteiger partial charge in [0.2, 0.25) is 5.91 Å². The molecule has 2 heterocycles. The van der Waals surface area contributed by atoms with Crippen LogP contribution >= 0.6 is 15.9 Å². The molecule has 1 atom stereocenters. The zero-order valence-corrected chi connectivity index (χ0v) is 14.6. The van der Waals surface area contributed by atoms with Crippen LogP contribution < -0.4 is 0 Å². The van der Waals surface area contributed by atoms with Gasteiger partial charge in [-0.2, -0.15) is 0 Å². The van der Waals surface area contributed by atoms with Gasteiger partial charge < -0.3 is 4.90 Å². The number of nitrogens with zero attached hydrogens (tertiary/aromatic N) is 2. The van der Waals surface area contributed by atoms with Crippen molar-refractivity contribution in [3.63, 3.8) is 0 Å².